The topological polar surface area (TPSA) is 116 Å². The number of pyridine rings is 2. The normalized spacial score (nSPS) is 11.4. The summed E-state index contributed by atoms with van der Waals surface area (Å²) in [7, 11) is 2.02. The van der Waals surface area contributed by atoms with Crippen molar-refractivity contribution in [3.8, 4) is 11.1 Å². The Morgan fingerprint density at radius 2 is 1.54 bits per heavy atom. The lowest BCUT2D eigenvalue weighted by Gasteiger charge is -2.31. The van der Waals surface area contributed by atoms with Gasteiger partial charge < -0.3 is 20.2 Å². The van der Waals surface area contributed by atoms with E-state index in [4.69, 9.17) is 0 Å². The first kappa shape index (κ1) is 33.5. The Labute approximate surface area is 280 Å². The highest BCUT2D eigenvalue weighted by Gasteiger charge is 2.29. The molecule has 9 nitrogen and oxygen atoms in total. The fourth-order valence-corrected chi connectivity index (χ4v) is 5.62. The minimum atomic E-state index is -1.03. The first-order chi connectivity index (χ1) is 23.3. The van der Waals surface area contributed by atoms with Crippen LogP contribution >= 0.6 is 0 Å². The molecule has 0 spiro atoms. The van der Waals surface area contributed by atoms with Crippen molar-refractivity contribution in [1.82, 2.24) is 14.9 Å². The maximum Gasteiger partial charge on any atom is 0.305 e. The maximum atomic E-state index is 14.0. The predicted molar refractivity (Wildman–Crippen MR) is 188 cm³/mol. The molecule has 0 bridgehead atoms. The summed E-state index contributed by atoms with van der Waals surface area (Å²) in [5.74, 6) is -1.57. The molecule has 0 saturated heterocycles. The van der Waals surface area contributed by atoms with E-state index in [9.17, 15) is 19.5 Å². The molecule has 244 valence electrons. The number of aliphatic carboxylic acids is 1. The van der Waals surface area contributed by atoms with Gasteiger partial charge in [-0.25, -0.2) is 0 Å². The second kappa shape index (κ2) is 16.1. The third-order valence-electron chi connectivity index (χ3n) is 8.14. The lowest BCUT2D eigenvalue weighted by atomic mass is 9.99. The van der Waals surface area contributed by atoms with Crippen LogP contribution in [0.5, 0.6) is 0 Å². The molecule has 0 aliphatic carbocycles. The molecule has 0 radical (unpaired) electrons. The molecule has 2 amide bonds. The van der Waals surface area contributed by atoms with Gasteiger partial charge in [0.2, 0.25) is 0 Å². The van der Waals surface area contributed by atoms with Gasteiger partial charge in [-0.2, -0.15) is 0 Å². The molecule has 3 aromatic carbocycles. The first-order valence-corrected chi connectivity index (χ1v) is 16.0. The largest absolute Gasteiger partial charge is 0.481 e. The van der Waals surface area contributed by atoms with E-state index in [1.807, 2.05) is 67.7 Å². The smallest absolute Gasteiger partial charge is 0.305 e. The molecule has 9 heteroatoms. The summed E-state index contributed by atoms with van der Waals surface area (Å²) >= 11 is 0. The molecule has 0 fully saturated rings. The summed E-state index contributed by atoms with van der Waals surface area (Å²) in [5, 5.41) is 13.0. The number of hydrogen-bond acceptors (Lipinski definition) is 6. The van der Waals surface area contributed by atoms with Crippen LogP contribution in [-0.2, 0) is 11.3 Å². The van der Waals surface area contributed by atoms with Crippen molar-refractivity contribution in [3.05, 3.63) is 144 Å². The van der Waals surface area contributed by atoms with Gasteiger partial charge in [0.25, 0.3) is 11.8 Å². The Kier molecular flexibility index (Phi) is 11.3. The maximum absolute atomic E-state index is 14.0. The quantitative estimate of drug-likeness (QED) is 0.129. The van der Waals surface area contributed by atoms with E-state index >= 15 is 0 Å². The van der Waals surface area contributed by atoms with Gasteiger partial charge in [0.05, 0.1) is 29.4 Å². The number of carbonyl (C=O) groups excluding carboxylic acids is 2. The van der Waals surface area contributed by atoms with Gasteiger partial charge in [0.15, 0.2) is 0 Å². The molecule has 0 aliphatic rings. The van der Waals surface area contributed by atoms with Gasteiger partial charge in [-0.15, -0.1) is 0 Å². The number of unbranched alkanes of at least 4 members (excludes halogenated alkanes) is 1. The van der Waals surface area contributed by atoms with Crippen LogP contribution in [0.15, 0.2) is 122 Å². The van der Waals surface area contributed by atoms with Crippen molar-refractivity contribution < 1.29 is 19.5 Å². The summed E-state index contributed by atoms with van der Waals surface area (Å²) in [5.41, 5.74) is 5.72. The monoisotopic (exact) mass is 641 g/mol. The zero-order valence-corrected chi connectivity index (χ0v) is 27.1. The fourth-order valence-electron chi connectivity index (χ4n) is 5.62. The number of carboxylic acid groups (broad SMARTS) is 1. The van der Waals surface area contributed by atoms with Crippen molar-refractivity contribution in [1.29, 1.82) is 0 Å². The third kappa shape index (κ3) is 8.50. The van der Waals surface area contributed by atoms with E-state index < -0.39 is 12.0 Å². The van der Waals surface area contributed by atoms with Crippen molar-refractivity contribution in [3.63, 3.8) is 0 Å². The fraction of sp³-hybridized carbons (Fsp3) is 0.205. The number of carbonyl (C=O) groups is 3. The van der Waals surface area contributed by atoms with Gasteiger partial charge in [-0.3, -0.25) is 24.4 Å². The first-order valence-electron chi connectivity index (χ1n) is 16.0. The highest BCUT2D eigenvalue weighted by Crippen LogP contribution is 2.33. The molecule has 2 heterocycles. The zero-order valence-electron chi connectivity index (χ0n) is 27.1. The number of carboxylic acids is 1. The van der Waals surface area contributed by atoms with Crippen molar-refractivity contribution in [2.24, 2.45) is 0 Å². The summed E-state index contributed by atoms with van der Waals surface area (Å²) in [6.45, 7) is 3.13. The van der Waals surface area contributed by atoms with Crippen LogP contribution in [0, 0.1) is 0 Å². The molecule has 5 aromatic rings. The van der Waals surface area contributed by atoms with E-state index in [0.29, 0.717) is 22.4 Å². The highest BCUT2D eigenvalue weighted by atomic mass is 16.4. The second-order valence-corrected chi connectivity index (χ2v) is 11.6. The molecule has 5 rings (SSSR count). The van der Waals surface area contributed by atoms with Gasteiger partial charge in [0.1, 0.15) is 0 Å². The Morgan fingerprint density at radius 1 is 0.812 bits per heavy atom. The standard InChI is InChI=1S/C39H39N5O4/c1-3-4-21-43(2)35-18-17-31(23-34(35)42-38(47)29-12-6-5-7-13-29)30-14-8-11-28(22-30)27-44(39(48)33-16-10-20-41-26-33)36(24-37(45)46)32-15-9-19-40-25-32/h5-20,22-23,25-26,36H,3-4,21,24,27H2,1-2H3,(H,42,47)(H,45,46). The van der Waals surface area contributed by atoms with E-state index in [-0.39, 0.29) is 24.8 Å². The average Bonchev–Trinajstić information content (AvgIpc) is 3.12. The number of aromatic nitrogens is 2. The van der Waals surface area contributed by atoms with E-state index in [1.54, 1.807) is 59.9 Å². The van der Waals surface area contributed by atoms with Gasteiger partial charge in [0, 0.05) is 50.5 Å². The number of nitrogens with zero attached hydrogens (tertiary/aromatic N) is 4. The molecule has 2 aromatic heterocycles. The Hall–Kier alpha value is -5.83. The molecule has 1 atom stereocenters. The lowest BCUT2D eigenvalue weighted by Crippen LogP contribution is -2.36. The third-order valence-corrected chi connectivity index (χ3v) is 8.14. The van der Waals surface area contributed by atoms with Crippen LogP contribution in [0.4, 0.5) is 11.4 Å². The summed E-state index contributed by atoms with van der Waals surface area (Å²) in [4.78, 5) is 51.3. The second-order valence-electron chi connectivity index (χ2n) is 11.6. The van der Waals surface area contributed by atoms with E-state index in [2.05, 4.69) is 27.1 Å². The molecule has 2 N–H and O–H groups in total. The SMILES string of the molecule is CCCCN(C)c1ccc(-c2cccc(CN(C(=O)c3cccnc3)C(CC(=O)O)c3cccnc3)c2)cc1NC(=O)c1ccccc1. The zero-order chi connectivity index (χ0) is 33.9. The number of rotatable bonds is 14. The number of anilines is 2. The van der Waals surface area contributed by atoms with Crippen molar-refractivity contribution in [2.45, 2.75) is 38.8 Å². The summed E-state index contributed by atoms with van der Waals surface area (Å²) in [6, 6.07) is 29.0. The van der Waals surface area contributed by atoms with Crippen LogP contribution < -0.4 is 10.2 Å². The van der Waals surface area contributed by atoms with Crippen LogP contribution in [0.1, 0.15) is 64.1 Å². The molecular formula is C39H39N5O4. The Balaban J connectivity index is 1.51. The minimum absolute atomic E-state index is 0.143. The van der Waals surface area contributed by atoms with Crippen molar-refractivity contribution in [2.75, 3.05) is 23.8 Å². The van der Waals surface area contributed by atoms with E-state index in [0.717, 1.165) is 41.8 Å². The molecule has 1 unspecified atom stereocenters. The van der Waals surface area contributed by atoms with Crippen LogP contribution in [-0.4, -0.2) is 51.4 Å². The molecule has 0 aliphatic heterocycles. The molecule has 0 saturated carbocycles. The molecule has 48 heavy (non-hydrogen) atoms. The number of benzene rings is 3. The predicted octanol–water partition coefficient (Wildman–Crippen LogP) is 7.49. The Bertz CT molecular complexity index is 1830. The van der Waals surface area contributed by atoms with Crippen LogP contribution in [0.2, 0.25) is 0 Å². The van der Waals surface area contributed by atoms with E-state index in [1.165, 1.54) is 6.20 Å². The van der Waals surface area contributed by atoms with Crippen LogP contribution in [0.3, 0.4) is 0 Å². The lowest BCUT2D eigenvalue weighted by molar-refractivity contribution is -0.138. The van der Waals surface area contributed by atoms with Gasteiger partial charge in [-0.05, 0) is 77.2 Å². The average molecular weight is 642 g/mol. The number of nitrogens with one attached hydrogen (secondary N) is 1. The summed E-state index contributed by atoms with van der Waals surface area (Å²) in [6.07, 6.45) is 8.05. The molecular weight excluding hydrogens is 602 g/mol. The number of hydrogen-bond donors (Lipinski definition) is 2. The van der Waals surface area contributed by atoms with Gasteiger partial charge >= 0.3 is 5.97 Å². The van der Waals surface area contributed by atoms with Crippen LogP contribution in [0.25, 0.3) is 11.1 Å². The Morgan fingerprint density at radius 3 is 2.23 bits per heavy atom. The van der Waals surface area contributed by atoms with Gasteiger partial charge in [-0.1, -0.05) is 61.9 Å². The summed E-state index contributed by atoms with van der Waals surface area (Å²) < 4.78 is 0. The highest BCUT2D eigenvalue weighted by molar-refractivity contribution is 6.06. The number of amides is 2. The minimum Gasteiger partial charge on any atom is -0.481 e. The van der Waals surface area contributed by atoms with Crippen molar-refractivity contribution >= 4 is 29.2 Å².